The number of amides is 1. The number of nitrogens with two attached hydrogens (primary N) is 1. The summed E-state index contributed by atoms with van der Waals surface area (Å²) < 4.78 is 10.5. The molecular weight excluding hydrogens is 264 g/mol. The molecule has 0 bridgehead atoms. The molecule has 0 atom stereocenters. The third-order valence-electron chi connectivity index (χ3n) is 3.72. The molecule has 0 aromatic rings. The molecule has 0 unspecified atom stereocenters. The molecule has 5 nitrogen and oxygen atoms in total. The van der Waals surface area contributed by atoms with Gasteiger partial charge in [-0.05, 0) is 19.3 Å². The highest BCUT2D eigenvalue weighted by Crippen LogP contribution is 2.38. The smallest absolute Gasteiger partial charge is 0.225 e. The minimum atomic E-state index is -0.244. The molecule has 0 heterocycles. The van der Waals surface area contributed by atoms with Crippen LogP contribution < -0.4 is 5.73 Å². The summed E-state index contributed by atoms with van der Waals surface area (Å²) in [7, 11) is 3.31. The Morgan fingerprint density at radius 2 is 2.05 bits per heavy atom. The van der Waals surface area contributed by atoms with E-state index < -0.39 is 0 Å². The first kappa shape index (κ1) is 16.3. The lowest BCUT2D eigenvalue weighted by molar-refractivity contribution is -0.144. The molecule has 6 heteroatoms. The summed E-state index contributed by atoms with van der Waals surface area (Å²) in [6, 6.07) is 0. The third-order valence-corrected chi connectivity index (χ3v) is 3.92. The maximum atomic E-state index is 12.3. The lowest BCUT2D eigenvalue weighted by Crippen LogP contribution is -2.46. The predicted octanol–water partition coefficient (Wildman–Crippen LogP) is 1.10. The first-order valence-corrected chi connectivity index (χ1v) is 7.04. The quantitative estimate of drug-likeness (QED) is 0.644. The van der Waals surface area contributed by atoms with Crippen LogP contribution in [0.15, 0.2) is 0 Å². The van der Waals surface area contributed by atoms with Gasteiger partial charge in [0.25, 0.3) is 0 Å². The molecule has 1 amide bonds. The van der Waals surface area contributed by atoms with Crippen molar-refractivity contribution < 1.29 is 14.3 Å². The Morgan fingerprint density at radius 1 is 1.37 bits per heavy atom. The second kappa shape index (κ2) is 7.77. The highest BCUT2D eigenvalue weighted by Gasteiger charge is 2.39. The van der Waals surface area contributed by atoms with Crippen molar-refractivity contribution in [3.8, 4) is 0 Å². The Morgan fingerprint density at radius 3 is 2.47 bits per heavy atom. The van der Waals surface area contributed by atoms with Gasteiger partial charge in [-0.15, -0.1) is 0 Å². The summed E-state index contributed by atoms with van der Waals surface area (Å²) in [5.41, 5.74) is 5.25. The maximum absolute atomic E-state index is 12.3. The lowest BCUT2D eigenvalue weighted by Gasteiger charge is -2.41. The van der Waals surface area contributed by atoms with Gasteiger partial charge in [0.15, 0.2) is 0 Å². The lowest BCUT2D eigenvalue weighted by atomic mass is 9.77. The van der Waals surface area contributed by atoms with E-state index in [2.05, 4.69) is 0 Å². The summed E-state index contributed by atoms with van der Waals surface area (Å²) in [4.78, 5) is 14.5. The van der Waals surface area contributed by atoms with Gasteiger partial charge in [-0.25, -0.2) is 0 Å². The van der Waals surface area contributed by atoms with Crippen molar-refractivity contribution in [1.82, 2.24) is 4.90 Å². The highest BCUT2D eigenvalue weighted by molar-refractivity contribution is 7.80. The van der Waals surface area contributed by atoms with E-state index in [-0.39, 0.29) is 11.5 Å². The van der Waals surface area contributed by atoms with E-state index in [1.54, 1.807) is 19.1 Å². The van der Waals surface area contributed by atoms with Gasteiger partial charge in [0.1, 0.15) is 0 Å². The number of hydrogen-bond donors (Lipinski definition) is 1. The summed E-state index contributed by atoms with van der Waals surface area (Å²) in [6.07, 6.45) is 4.03. The number of carbonyl (C=O) groups is 1. The normalized spacial score (nSPS) is 16.7. The van der Waals surface area contributed by atoms with Crippen molar-refractivity contribution in [1.29, 1.82) is 0 Å². The second-order valence-electron chi connectivity index (χ2n) is 5.01. The van der Waals surface area contributed by atoms with E-state index in [0.29, 0.717) is 37.5 Å². The van der Waals surface area contributed by atoms with Crippen molar-refractivity contribution in [2.45, 2.75) is 37.7 Å². The van der Waals surface area contributed by atoms with E-state index in [1.807, 2.05) is 0 Å². The molecule has 0 saturated heterocycles. The molecule has 1 aliphatic rings. The molecule has 1 aliphatic carbocycles. The van der Waals surface area contributed by atoms with Crippen LogP contribution in [-0.4, -0.2) is 55.3 Å². The zero-order valence-electron chi connectivity index (χ0n) is 11.8. The van der Waals surface area contributed by atoms with Gasteiger partial charge in [0.05, 0.1) is 23.6 Å². The minimum Gasteiger partial charge on any atom is -0.393 e. The summed E-state index contributed by atoms with van der Waals surface area (Å²) in [6.45, 7) is 1.64. The van der Waals surface area contributed by atoms with Crippen LogP contribution in [0.25, 0.3) is 0 Å². The van der Waals surface area contributed by atoms with Crippen molar-refractivity contribution >= 4 is 23.1 Å². The molecular formula is C13H24N2O3S. The molecule has 0 aromatic heterocycles. The molecule has 0 aromatic carbocycles. The molecule has 1 rings (SSSR count). The van der Waals surface area contributed by atoms with Crippen LogP contribution in [0.5, 0.6) is 0 Å². The van der Waals surface area contributed by atoms with Crippen molar-refractivity contribution in [2.75, 3.05) is 33.9 Å². The molecule has 0 spiro atoms. The summed E-state index contributed by atoms with van der Waals surface area (Å²) in [5.74, 6) is 0.0925. The van der Waals surface area contributed by atoms with Gasteiger partial charge in [0, 0.05) is 33.7 Å². The second-order valence-corrected chi connectivity index (χ2v) is 5.53. The monoisotopic (exact) mass is 288 g/mol. The molecule has 1 fully saturated rings. The summed E-state index contributed by atoms with van der Waals surface area (Å²) in [5, 5.41) is 0. The first-order valence-electron chi connectivity index (χ1n) is 6.63. The average molecular weight is 288 g/mol. The number of methoxy groups -OCH3 is 2. The fraction of sp³-hybridized carbons (Fsp3) is 0.846. The molecule has 1 saturated carbocycles. The Balaban J connectivity index is 2.51. The van der Waals surface area contributed by atoms with Gasteiger partial charge >= 0.3 is 0 Å². The number of rotatable bonds is 9. The van der Waals surface area contributed by atoms with Crippen LogP contribution in [0.4, 0.5) is 0 Å². The number of thiocarbonyl (C=S) groups is 1. The van der Waals surface area contributed by atoms with Crippen LogP contribution in [0.1, 0.15) is 32.1 Å². The largest absolute Gasteiger partial charge is 0.393 e. The maximum Gasteiger partial charge on any atom is 0.225 e. The Hall–Kier alpha value is -0.720. The van der Waals surface area contributed by atoms with Crippen LogP contribution >= 0.6 is 12.2 Å². The zero-order chi connectivity index (χ0) is 14.3. The zero-order valence-corrected chi connectivity index (χ0v) is 12.6. The Bertz CT molecular complexity index is 314. The number of nitrogens with zero attached hydrogens (tertiary/aromatic N) is 1. The van der Waals surface area contributed by atoms with Gasteiger partial charge in [-0.3, -0.25) is 4.79 Å². The molecule has 2 N–H and O–H groups in total. The topological polar surface area (TPSA) is 64.8 Å². The number of ether oxygens (including phenoxy) is 2. The SMILES string of the molecule is COCCN(CCC(N)=S)C(=O)CC1(OC)CCC1. The van der Waals surface area contributed by atoms with E-state index >= 15 is 0 Å². The molecule has 0 radical (unpaired) electrons. The van der Waals surface area contributed by atoms with Crippen molar-refractivity contribution in [3.05, 3.63) is 0 Å². The van der Waals surface area contributed by atoms with E-state index in [1.165, 1.54) is 0 Å². The average Bonchev–Trinajstić information content (AvgIpc) is 2.33. The van der Waals surface area contributed by atoms with Crippen LogP contribution in [0.3, 0.4) is 0 Å². The van der Waals surface area contributed by atoms with Crippen molar-refractivity contribution in [3.63, 3.8) is 0 Å². The van der Waals surface area contributed by atoms with E-state index in [0.717, 1.165) is 19.3 Å². The van der Waals surface area contributed by atoms with Gasteiger partial charge in [0.2, 0.25) is 5.91 Å². The van der Waals surface area contributed by atoms with Gasteiger partial charge in [-0.1, -0.05) is 12.2 Å². The molecule has 19 heavy (non-hydrogen) atoms. The standard InChI is InChI=1S/C13H24N2O3S/c1-17-9-8-15(7-4-11(14)19)12(16)10-13(18-2)5-3-6-13/h3-10H2,1-2H3,(H2,14,19). The third kappa shape index (κ3) is 5.04. The van der Waals surface area contributed by atoms with Crippen LogP contribution in [0, 0.1) is 0 Å². The number of hydrogen-bond acceptors (Lipinski definition) is 4. The first-order chi connectivity index (χ1) is 9.03. The fourth-order valence-corrected chi connectivity index (χ4v) is 2.31. The molecule has 110 valence electrons. The van der Waals surface area contributed by atoms with Gasteiger partial charge in [-0.2, -0.15) is 0 Å². The Labute approximate surface area is 120 Å². The summed E-state index contributed by atoms with van der Waals surface area (Å²) >= 11 is 4.86. The van der Waals surface area contributed by atoms with Gasteiger partial charge < -0.3 is 20.1 Å². The van der Waals surface area contributed by atoms with Crippen LogP contribution in [-0.2, 0) is 14.3 Å². The molecule has 0 aliphatic heterocycles. The predicted molar refractivity (Wildman–Crippen MR) is 78.1 cm³/mol. The Kier molecular flexibility index (Phi) is 6.68. The number of carbonyl (C=O) groups excluding carboxylic acids is 1. The van der Waals surface area contributed by atoms with E-state index in [9.17, 15) is 4.79 Å². The highest BCUT2D eigenvalue weighted by atomic mass is 32.1. The minimum absolute atomic E-state index is 0.0925. The van der Waals surface area contributed by atoms with Crippen LogP contribution in [0.2, 0.25) is 0 Å². The van der Waals surface area contributed by atoms with E-state index in [4.69, 9.17) is 27.4 Å². The fourth-order valence-electron chi connectivity index (χ4n) is 2.22. The van der Waals surface area contributed by atoms with Crippen molar-refractivity contribution in [2.24, 2.45) is 5.73 Å².